The van der Waals surface area contributed by atoms with Gasteiger partial charge in [0.15, 0.2) is 0 Å². The topological polar surface area (TPSA) is 32.7 Å². The lowest BCUT2D eigenvalue weighted by Crippen LogP contribution is -2.53. The largest absolute Gasteiger partial charge is 0.389 e. The summed E-state index contributed by atoms with van der Waals surface area (Å²) in [5.74, 6) is 0. The SMILES string of the molecule is C[C@@H]1CC(N(Cc2ccccc2)Cc2ccccc2)C(O)[C@H](C)O1. The fourth-order valence-corrected chi connectivity index (χ4v) is 3.59. The summed E-state index contributed by atoms with van der Waals surface area (Å²) in [7, 11) is 0. The van der Waals surface area contributed by atoms with Crippen LogP contribution in [0.1, 0.15) is 31.4 Å². The van der Waals surface area contributed by atoms with E-state index in [1.54, 1.807) is 0 Å². The Labute approximate surface area is 144 Å². The van der Waals surface area contributed by atoms with E-state index in [-0.39, 0.29) is 18.2 Å². The molecule has 0 saturated carbocycles. The molecule has 3 heteroatoms. The number of hydrogen-bond acceptors (Lipinski definition) is 3. The average molecular weight is 325 g/mol. The van der Waals surface area contributed by atoms with Gasteiger partial charge in [-0.2, -0.15) is 0 Å². The maximum atomic E-state index is 10.7. The van der Waals surface area contributed by atoms with Crippen LogP contribution in [0.15, 0.2) is 60.7 Å². The quantitative estimate of drug-likeness (QED) is 0.911. The van der Waals surface area contributed by atoms with Crippen LogP contribution in [-0.2, 0) is 17.8 Å². The zero-order valence-corrected chi connectivity index (χ0v) is 14.5. The van der Waals surface area contributed by atoms with Crippen molar-refractivity contribution in [2.24, 2.45) is 0 Å². The molecule has 0 radical (unpaired) electrons. The lowest BCUT2D eigenvalue weighted by atomic mass is 9.94. The molecule has 0 aromatic heterocycles. The van der Waals surface area contributed by atoms with Gasteiger partial charge in [-0.25, -0.2) is 0 Å². The van der Waals surface area contributed by atoms with Gasteiger partial charge in [0.25, 0.3) is 0 Å². The van der Waals surface area contributed by atoms with Gasteiger partial charge in [-0.1, -0.05) is 60.7 Å². The molecule has 128 valence electrons. The predicted octanol–water partition coefficient (Wildman–Crippen LogP) is 3.62. The molecule has 1 aliphatic heterocycles. The molecule has 1 fully saturated rings. The highest BCUT2D eigenvalue weighted by molar-refractivity contribution is 5.17. The van der Waals surface area contributed by atoms with E-state index in [1.807, 2.05) is 19.1 Å². The van der Waals surface area contributed by atoms with Crippen molar-refractivity contribution in [1.82, 2.24) is 4.90 Å². The van der Waals surface area contributed by atoms with E-state index in [0.717, 1.165) is 19.5 Å². The Morgan fingerprint density at radius 3 is 1.92 bits per heavy atom. The molecule has 0 bridgehead atoms. The summed E-state index contributed by atoms with van der Waals surface area (Å²) in [5.41, 5.74) is 2.54. The lowest BCUT2D eigenvalue weighted by molar-refractivity contribution is -0.143. The number of aliphatic hydroxyl groups excluding tert-OH is 1. The fraction of sp³-hybridized carbons (Fsp3) is 0.429. The van der Waals surface area contributed by atoms with Crippen molar-refractivity contribution in [3.63, 3.8) is 0 Å². The van der Waals surface area contributed by atoms with Crippen LogP contribution >= 0.6 is 0 Å². The second kappa shape index (κ2) is 7.93. The van der Waals surface area contributed by atoms with E-state index in [2.05, 4.69) is 60.4 Å². The number of ether oxygens (including phenoxy) is 1. The highest BCUT2D eigenvalue weighted by Crippen LogP contribution is 2.27. The summed E-state index contributed by atoms with van der Waals surface area (Å²) in [6.45, 7) is 5.73. The maximum absolute atomic E-state index is 10.7. The second-order valence-electron chi connectivity index (χ2n) is 6.82. The molecule has 0 aliphatic carbocycles. The fourth-order valence-electron chi connectivity index (χ4n) is 3.59. The van der Waals surface area contributed by atoms with Gasteiger partial charge in [0.2, 0.25) is 0 Å². The van der Waals surface area contributed by atoms with Crippen molar-refractivity contribution in [1.29, 1.82) is 0 Å². The van der Waals surface area contributed by atoms with E-state index in [4.69, 9.17) is 4.74 Å². The Hall–Kier alpha value is -1.68. The lowest BCUT2D eigenvalue weighted by Gasteiger charge is -2.43. The third-order valence-electron chi connectivity index (χ3n) is 4.82. The zero-order chi connectivity index (χ0) is 16.9. The highest BCUT2D eigenvalue weighted by Gasteiger charge is 2.37. The average Bonchev–Trinajstić information content (AvgIpc) is 2.59. The van der Waals surface area contributed by atoms with Crippen LogP contribution in [0.2, 0.25) is 0 Å². The molecule has 1 aliphatic rings. The van der Waals surface area contributed by atoms with Gasteiger partial charge < -0.3 is 9.84 Å². The maximum Gasteiger partial charge on any atom is 0.0955 e. The van der Waals surface area contributed by atoms with Crippen LogP contribution in [0, 0.1) is 0 Å². The second-order valence-corrected chi connectivity index (χ2v) is 6.82. The van der Waals surface area contributed by atoms with Crippen molar-refractivity contribution < 1.29 is 9.84 Å². The first-order chi connectivity index (χ1) is 11.6. The van der Waals surface area contributed by atoms with Crippen molar-refractivity contribution in [3.05, 3.63) is 71.8 Å². The van der Waals surface area contributed by atoms with Crippen LogP contribution in [0.5, 0.6) is 0 Å². The first-order valence-corrected chi connectivity index (χ1v) is 8.79. The van der Waals surface area contributed by atoms with Gasteiger partial charge in [0.1, 0.15) is 0 Å². The minimum absolute atomic E-state index is 0.101. The minimum atomic E-state index is -0.464. The molecular formula is C21H27NO2. The molecule has 3 nitrogen and oxygen atoms in total. The van der Waals surface area contributed by atoms with E-state index in [1.165, 1.54) is 11.1 Å². The van der Waals surface area contributed by atoms with Gasteiger partial charge in [-0.15, -0.1) is 0 Å². The Kier molecular flexibility index (Phi) is 5.67. The number of nitrogens with zero attached hydrogens (tertiary/aromatic N) is 1. The Morgan fingerprint density at radius 1 is 0.917 bits per heavy atom. The van der Waals surface area contributed by atoms with E-state index in [0.29, 0.717) is 0 Å². The van der Waals surface area contributed by atoms with Crippen molar-refractivity contribution in [2.75, 3.05) is 0 Å². The molecule has 0 spiro atoms. The van der Waals surface area contributed by atoms with Gasteiger partial charge in [-0.3, -0.25) is 4.90 Å². The first-order valence-electron chi connectivity index (χ1n) is 8.79. The van der Waals surface area contributed by atoms with E-state index < -0.39 is 6.10 Å². The molecule has 1 saturated heterocycles. The molecule has 0 amide bonds. The summed E-state index contributed by atoms with van der Waals surface area (Å²) in [4.78, 5) is 2.39. The summed E-state index contributed by atoms with van der Waals surface area (Å²) in [6, 6.07) is 21.1. The van der Waals surface area contributed by atoms with Crippen LogP contribution in [0.4, 0.5) is 0 Å². The summed E-state index contributed by atoms with van der Waals surface area (Å²) in [6.07, 6.45) is 0.425. The van der Waals surface area contributed by atoms with Crippen LogP contribution in [0.3, 0.4) is 0 Å². The molecule has 1 N–H and O–H groups in total. The number of benzene rings is 2. The standard InChI is InChI=1S/C21H27NO2/c1-16-13-20(21(23)17(2)24-16)22(14-18-9-5-3-6-10-18)15-19-11-7-4-8-12-19/h3-12,16-17,20-21,23H,13-15H2,1-2H3/t16-,17+,20?,21?/m1/s1. The monoisotopic (exact) mass is 325 g/mol. The smallest absolute Gasteiger partial charge is 0.0955 e. The van der Waals surface area contributed by atoms with Crippen LogP contribution in [0.25, 0.3) is 0 Å². The van der Waals surface area contributed by atoms with E-state index >= 15 is 0 Å². The van der Waals surface area contributed by atoms with Crippen molar-refractivity contribution >= 4 is 0 Å². The van der Waals surface area contributed by atoms with Gasteiger partial charge in [-0.05, 0) is 31.4 Å². The molecule has 2 aromatic rings. The molecule has 2 aromatic carbocycles. The third-order valence-corrected chi connectivity index (χ3v) is 4.82. The Bertz CT molecular complexity index is 575. The number of rotatable bonds is 5. The molecule has 4 atom stereocenters. The van der Waals surface area contributed by atoms with Crippen LogP contribution < -0.4 is 0 Å². The van der Waals surface area contributed by atoms with Gasteiger partial charge in [0.05, 0.1) is 18.3 Å². The highest BCUT2D eigenvalue weighted by atomic mass is 16.5. The molecular weight excluding hydrogens is 298 g/mol. The number of aliphatic hydroxyl groups is 1. The third kappa shape index (κ3) is 4.23. The summed E-state index contributed by atoms with van der Waals surface area (Å²) >= 11 is 0. The van der Waals surface area contributed by atoms with Crippen molar-refractivity contribution in [3.8, 4) is 0 Å². The summed E-state index contributed by atoms with van der Waals surface area (Å²) in [5, 5.41) is 10.7. The normalized spacial score (nSPS) is 27.3. The van der Waals surface area contributed by atoms with Crippen LogP contribution in [-0.4, -0.2) is 34.4 Å². The Morgan fingerprint density at radius 2 is 1.42 bits per heavy atom. The Balaban J connectivity index is 1.83. The van der Waals surface area contributed by atoms with Gasteiger partial charge >= 0.3 is 0 Å². The minimum Gasteiger partial charge on any atom is -0.389 e. The summed E-state index contributed by atoms with van der Waals surface area (Å²) < 4.78 is 5.80. The molecule has 2 unspecified atom stereocenters. The molecule has 3 rings (SSSR count). The molecule has 1 heterocycles. The first kappa shape index (κ1) is 17.2. The number of hydrogen-bond donors (Lipinski definition) is 1. The molecule has 24 heavy (non-hydrogen) atoms. The van der Waals surface area contributed by atoms with E-state index in [9.17, 15) is 5.11 Å². The van der Waals surface area contributed by atoms with Crippen molar-refractivity contribution in [2.45, 2.75) is 57.7 Å². The predicted molar refractivity (Wildman–Crippen MR) is 96.6 cm³/mol. The zero-order valence-electron chi connectivity index (χ0n) is 14.5. The van der Waals surface area contributed by atoms with Gasteiger partial charge in [0, 0.05) is 19.1 Å².